The third-order valence-electron chi connectivity index (χ3n) is 8.76. The zero-order valence-electron chi connectivity index (χ0n) is 34.5. The summed E-state index contributed by atoms with van der Waals surface area (Å²) >= 11 is 5.26. The van der Waals surface area contributed by atoms with Crippen LogP contribution in [0.5, 0.6) is 11.6 Å². The van der Waals surface area contributed by atoms with Crippen LogP contribution in [0.2, 0.25) is 0 Å². The van der Waals surface area contributed by atoms with Crippen molar-refractivity contribution in [1.29, 1.82) is 0 Å². The van der Waals surface area contributed by atoms with E-state index in [1.165, 1.54) is 54.2 Å². The molecule has 3 heterocycles. The highest BCUT2D eigenvalue weighted by Crippen LogP contribution is 2.37. The molecule has 3 aromatic rings. The minimum Gasteiger partial charge on any atom is -0.495 e. The molecule has 1 unspecified atom stereocenters. The molecule has 2 saturated carbocycles. The fourth-order valence-electron chi connectivity index (χ4n) is 5.51. The average Bonchev–Trinajstić information content (AvgIpc) is 4.08. The van der Waals surface area contributed by atoms with Gasteiger partial charge in [0.05, 0.1) is 36.3 Å². The monoisotopic (exact) mass is 875 g/mol. The number of H-pyrrole nitrogens is 1. The number of halogens is 1. The van der Waals surface area contributed by atoms with Gasteiger partial charge in [-0.2, -0.15) is 5.10 Å². The van der Waals surface area contributed by atoms with Crippen LogP contribution >= 0.6 is 27.9 Å². The zero-order chi connectivity index (χ0) is 42.2. The summed E-state index contributed by atoms with van der Waals surface area (Å²) in [6, 6.07) is 6.16. The number of allylic oxidation sites excluding steroid dienone is 2. The van der Waals surface area contributed by atoms with Crippen LogP contribution in [0.3, 0.4) is 0 Å². The number of hydrogen-bond donors (Lipinski definition) is 4. The number of aromatic nitrogens is 3. The number of methoxy groups -OCH3 is 1. The number of nitrogens with one attached hydrogen (secondary N) is 4. The Hall–Kier alpha value is -3.99. The Balaban J connectivity index is 0.000000270. The largest absolute Gasteiger partial charge is 0.495 e. The van der Waals surface area contributed by atoms with E-state index >= 15 is 0 Å². The van der Waals surface area contributed by atoms with E-state index in [0.29, 0.717) is 53.9 Å². The first-order valence-electron chi connectivity index (χ1n) is 19.6. The molecule has 3 atom stereocenters. The summed E-state index contributed by atoms with van der Waals surface area (Å²) in [6.45, 7) is 5.04. The van der Waals surface area contributed by atoms with Crippen LogP contribution in [0.15, 0.2) is 51.9 Å². The second-order valence-electron chi connectivity index (χ2n) is 13.6. The Morgan fingerprint density at radius 2 is 1.81 bits per heavy atom. The van der Waals surface area contributed by atoms with Crippen LogP contribution in [0.1, 0.15) is 82.1 Å². The number of rotatable bonds is 15. The minimum absolute atomic E-state index is 0.0782. The third kappa shape index (κ3) is 18.0. The average molecular weight is 877 g/mol. The summed E-state index contributed by atoms with van der Waals surface area (Å²) in [6.07, 6.45) is 18.5. The first-order valence-corrected chi connectivity index (χ1v) is 21.3. The van der Waals surface area contributed by atoms with Gasteiger partial charge < -0.3 is 39.6 Å². The highest BCUT2D eigenvalue weighted by Gasteiger charge is 2.33. The lowest BCUT2D eigenvalue weighted by Gasteiger charge is -2.20. The summed E-state index contributed by atoms with van der Waals surface area (Å²) < 4.78 is 15.8. The van der Waals surface area contributed by atoms with Gasteiger partial charge in [0.2, 0.25) is 5.91 Å². The van der Waals surface area contributed by atoms with E-state index in [-0.39, 0.29) is 29.6 Å². The zero-order valence-corrected chi connectivity index (χ0v) is 36.9. The molecule has 57 heavy (non-hydrogen) atoms. The molecule has 1 aromatic carbocycles. The molecule has 16 heteroatoms. The van der Waals surface area contributed by atoms with Gasteiger partial charge >= 0.3 is 0 Å². The van der Waals surface area contributed by atoms with Crippen molar-refractivity contribution < 1.29 is 28.7 Å². The van der Waals surface area contributed by atoms with E-state index in [2.05, 4.69) is 60.4 Å². The number of ether oxygens (including phenoxy) is 2. The molecule has 14 nitrogen and oxygen atoms in total. The summed E-state index contributed by atoms with van der Waals surface area (Å²) in [5.41, 5.74) is 0.870. The molecular weight excluding hydrogens is 814 g/mol. The molecule has 4 N–H and O–H groups in total. The Morgan fingerprint density at radius 3 is 2.35 bits per heavy atom. The van der Waals surface area contributed by atoms with Gasteiger partial charge in [-0.25, -0.2) is 0 Å². The second kappa shape index (κ2) is 27.6. The Labute approximate surface area is 349 Å². The number of hydrogen-bond acceptors (Lipinski definition) is 11. The number of aryl methyl sites for hydroxylation is 1. The Kier molecular flexibility index (Phi) is 23.8. The van der Waals surface area contributed by atoms with E-state index in [4.69, 9.17) is 9.47 Å². The summed E-state index contributed by atoms with van der Waals surface area (Å²) in [5.74, 6) is 1.44. The maximum atomic E-state index is 11.9. The lowest BCUT2D eigenvalue weighted by atomic mass is 10.2. The van der Waals surface area contributed by atoms with Crippen molar-refractivity contribution in [3.8, 4) is 11.6 Å². The van der Waals surface area contributed by atoms with Gasteiger partial charge in [-0.15, -0.1) is 0 Å². The lowest BCUT2D eigenvalue weighted by Crippen LogP contribution is -2.43. The third-order valence-corrected chi connectivity index (χ3v) is 10.6. The van der Waals surface area contributed by atoms with Gasteiger partial charge in [0.25, 0.3) is 5.91 Å². The maximum absolute atomic E-state index is 11.9. The Bertz CT molecular complexity index is 1760. The topological polar surface area (TPSA) is 177 Å². The van der Waals surface area contributed by atoms with Crippen molar-refractivity contribution in [2.45, 2.75) is 82.9 Å². The van der Waals surface area contributed by atoms with Crippen molar-refractivity contribution in [3.05, 3.63) is 63.0 Å². The standard InChI is InChI=1S/C12H12BrNO3.C12H16N4O3.C11H18O.C4H9NS.C2H7N/c1-3-17-10-6-8(15)7-4-5-9(16-2)11(13)12(7)14-10;1-15-6-4-10(14-15)12(19)13-7-11(18)16-5-2-3-9(16)8-17;1-2-3-4-5-6-7-10-8-11(10)9-12;1-5-6-4-2-3-4;1-3-2/h4-6H,3H2,1-2H3,(H,14,15);4,6,8-9H,2-3,5,7H2,1H3,(H,13,19);6-7,9-11H,2-5,8H2,1H3;4-5H,2-3H2,1H3;3H,1-2H3/b;;7-6-;;/t;9-;10?,11-;;/m.01../s1. The molecule has 2 aliphatic carbocycles. The van der Waals surface area contributed by atoms with Crippen LogP contribution in [-0.2, 0) is 21.4 Å². The molecule has 2 aromatic heterocycles. The number of nitrogens with zero attached hydrogens (tertiary/aromatic N) is 3. The van der Waals surface area contributed by atoms with Crippen LogP contribution in [0, 0.1) is 11.8 Å². The molecule has 1 saturated heterocycles. The van der Waals surface area contributed by atoms with Crippen molar-refractivity contribution >= 4 is 63.2 Å². The van der Waals surface area contributed by atoms with E-state index in [1.54, 1.807) is 38.6 Å². The second-order valence-corrected chi connectivity index (χ2v) is 15.7. The highest BCUT2D eigenvalue weighted by molar-refractivity contribution is 9.10. The molecule has 0 radical (unpaired) electrons. The molecule has 6 rings (SSSR count). The fraction of sp³-hybridized carbons (Fsp3) is 0.561. The first-order chi connectivity index (χ1) is 27.5. The number of pyridine rings is 1. The number of unbranched alkanes of at least 4 members (excludes halogenated alkanes) is 3. The van der Waals surface area contributed by atoms with Crippen LogP contribution in [0.25, 0.3) is 10.9 Å². The Morgan fingerprint density at radius 1 is 1.07 bits per heavy atom. The molecule has 316 valence electrons. The van der Waals surface area contributed by atoms with Gasteiger partial charge in [-0.3, -0.25) is 23.8 Å². The quantitative estimate of drug-likeness (QED) is 0.0624. The molecule has 0 spiro atoms. The molecule has 3 fully saturated rings. The van der Waals surface area contributed by atoms with Crippen LogP contribution in [-0.4, -0.2) is 103 Å². The van der Waals surface area contributed by atoms with Gasteiger partial charge in [0, 0.05) is 42.4 Å². The number of benzene rings is 1. The fourth-order valence-corrected chi connectivity index (χ4v) is 6.82. The minimum atomic E-state index is -0.393. The van der Waals surface area contributed by atoms with E-state index in [9.17, 15) is 24.0 Å². The number of carbonyl (C=O) groups excluding carboxylic acids is 4. The van der Waals surface area contributed by atoms with Crippen molar-refractivity contribution in [2.75, 3.05) is 47.9 Å². The highest BCUT2D eigenvalue weighted by atomic mass is 79.9. The normalized spacial score (nSPS) is 17.7. The van der Waals surface area contributed by atoms with Gasteiger partial charge in [-0.1, -0.05) is 43.9 Å². The number of carbonyl (C=O) groups is 4. The van der Waals surface area contributed by atoms with Gasteiger partial charge in [-0.05, 0) is 113 Å². The number of fused-ring (bicyclic) bond motifs is 1. The van der Waals surface area contributed by atoms with E-state index in [0.717, 1.165) is 35.1 Å². The van der Waals surface area contributed by atoms with Gasteiger partial charge in [0.1, 0.15) is 24.0 Å². The summed E-state index contributed by atoms with van der Waals surface area (Å²) in [4.78, 5) is 61.1. The van der Waals surface area contributed by atoms with E-state index < -0.39 is 5.91 Å². The predicted molar refractivity (Wildman–Crippen MR) is 232 cm³/mol. The number of likely N-dealkylation sites (tertiary alicyclic amines) is 1. The predicted octanol–water partition coefficient (Wildman–Crippen LogP) is 5.85. The molecule has 2 amide bonds. The molecular formula is C41H62BrN7O7S. The first kappa shape index (κ1) is 49.2. The smallest absolute Gasteiger partial charge is 0.272 e. The van der Waals surface area contributed by atoms with Crippen LogP contribution in [0.4, 0.5) is 0 Å². The number of amides is 2. The van der Waals surface area contributed by atoms with Crippen LogP contribution < -0.4 is 30.3 Å². The number of aromatic amines is 1. The molecule has 3 aliphatic rings. The SMILES string of the molecule is CCCCC/C=C\C1C[C@@H]1C=O.CCOc1cc(=O)c2ccc(OC)c(Br)c2[nH]1.CNC.CNSC1CC1.Cn1ccc(C(=O)NCC(=O)N2CCC[C@H]2C=O)n1. The molecule has 0 bridgehead atoms. The molecule has 1 aliphatic heterocycles. The number of aldehydes is 2. The summed E-state index contributed by atoms with van der Waals surface area (Å²) in [5, 5.41) is 10.8. The van der Waals surface area contributed by atoms with Gasteiger partial charge in [0.15, 0.2) is 11.3 Å². The van der Waals surface area contributed by atoms with Crippen molar-refractivity contribution in [2.24, 2.45) is 18.9 Å². The van der Waals surface area contributed by atoms with Crippen molar-refractivity contribution in [1.82, 2.24) is 35.0 Å². The lowest BCUT2D eigenvalue weighted by molar-refractivity contribution is -0.133. The van der Waals surface area contributed by atoms with E-state index in [1.807, 2.05) is 40.0 Å². The maximum Gasteiger partial charge on any atom is 0.272 e. The summed E-state index contributed by atoms with van der Waals surface area (Å²) in [7, 11) is 9.01. The van der Waals surface area contributed by atoms with Crippen molar-refractivity contribution in [3.63, 3.8) is 0 Å².